The fraction of sp³-hybridized carbons (Fsp3) is 0.294. The van der Waals surface area contributed by atoms with Crippen LogP contribution in [0.1, 0.15) is 12.0 Å². The molecule has 2 aromatic carbocycles. The first-order valence-corrected chi connectivity index (χ1v) is 7.22. The molecule has 1 unspecified atom stereocenters. The first kappa shape index (κ1) is 13.5. The molecule has 1 aliphatic heterocycles. The lowest BCUT2D eigenvalue weighted by atomic mass is 9.93. The molecule has 0 amide bonds. The Morgan fingerprint density at radius 3 is 2.40 bits per heavy atom. The van der Waals surface area contributed by atoms with Crippen molar-refractivity contribution in [2.45, 2.75) is 12.0 Å². The maximum absolute atomic E-state index is 5.95. The Hall–Kier alpha value is -1.51. The highest BCUT2D eigenvalue weighted by Crippen LogP contribution is 2.37. The standard InChI is InChI=1S/C17H18ClNO/c1-20-17(14-5-3-2-4-6-14)11-12-19(13-17)16-9-7-15(18)8-10-16/h2-10H,11-13H2,1H3. The summed E-state index contributed by atoms with van der Waals surface area (Å²) >= 11 is 5.95. The maximum Gasteiger partial charge on any atom is 0.112 e. The van der Waals surface area contributed by atoms with E-state index in [4.69, 9.17) is 16.3 Å². The Morgan fingerprint density at radius 2 is 1.75 bits per heavy atom. The number of methoxy groups -OCH3 is 1. The lowest BCUT2D eigenvalue weighted by Gasteiger charge is -2.29. The van der Waals surface area contributed by atoms with Crippen LogP contribution in [-0.4, -0.2) is 20.2 Å². The van der Waals surface area contributed by atoms with Gasteiger partial charge < -0.3 is 9.64 Å². The molecular formula is C17H18ClNO. The molecule has 0 aromatic heterocycles. The van der Waals surface area contributed by atoms with Gasteiger partial charge in [-0.25, -0.2) is 0 Å². The molecule has 1 atom stereocenters. The van der Waals surface area contributed by atoms with Gasteiger partial charge in [0.05, 0.1) is 6.54 Å². The largest absolute Gasteiger partial charge is 0.372 e. The molecule has 3 rings (SSSR count). The summed E-state index contributed by atoms with van der Waals surface area (Å²) in [6.45, 7) is 1.86. The Kier molecular flexibility index (Phi) is 3.68. The third-order valence-corrected chi connectivity index (χ3v) is 4.37. The molecule has 0 N–H and O–H groups in total. The molecule has 104 valence electrons. The van der Waals surface area contributed by atoms with E-state index in [0.29, 0.717) is 0 Å². The van der Waals surface area contributed by atoms with Crippen molar-refractivity contribution >= 4 is 17.3 Å². The van der Waals surface area contributed by atoms with Crippen LogP contribution in [0.25, 0.3) is 0 Å². The highest BCUT2D eigenvalue weighted by Gasteiger charge is 2.39. The monoisotopic (exact) mass is 287 g/mol. The molecule has 0 aliphatic carbocycles. The molecule has 20 heavy (non-hydrogen) atoms. The van der Waals surface area contributed by atoms with E-state index in [-0.39, 0.29) is 5.60 Å². The van der Waals surface area contributed by atoms with Crippen LogP contribution >= 0.6 is 11.6 Å². The van der Waals surface area contributed by atoms with E-state index in [1.807, 2.05) is 18.2 Å². The molecule has 0 radical (unpaired) electrons. The summed E-state index contributed by atoms with van der Waals surface area (Å²) in [6.07, 6.45) is 0.996. The Bertz CT molecular complexity index is 569. The molecule has 1 aliphatic rings. The van der Waals surface area contributed by atoms with Gasteiger partial charge >= 0.3 is 0 Å². The fourth-order valence-corrected chi connectivity index (χ4v) is 3.04. The van der Waals surface area contributed by atoms with Crippen molar-refractivity contribution in [1.29, 1.82) is 0 Å². The van der Waals surface area contributed by atoms with Crippen LogP contribution in [0.5, 0.6) is 0 Å². The van der Waals surface area contributed by atoms with E-state index in [1.165, 1.54) is 11.3 Å². The van der Waals surface area contributed by atoms with Gasteiger partial charge in [0.1, 0.15) is 5.60 Å². The number of rotatable bonds is 3. The zero-order valence-electron chi connectivity index (χ0n) is 11.6. The van der Waals surface area contributed by atoms with Gasteiger partial charge in [0.2, 0.25) is 0 Å². The second-order valence-corrected chi connectivity index (χ2v) is 5.65. The molecule has 0 bridgehead atoms. The zero-order valence-corrected chi connectivity index (χ0v) is 12.3. The smallest absolute Gasteiger partial charge is 0.112 e. The molecule has 0 spiro atoms. The van der Waals surface area contributed by atoms with Crippen LogP contribution in [0.3, 0.4) is 0 Å². The molecule has 0 saturated carbocycles. The summed E-state index contributed by atoms with van der Waals surface area (Å²) in [7, 11) is 1.80. The summed E-state index contributed by atoms with van der Waals surface area (Å²) < 4.78 is 5.89. The van der Waals surface area contributed by atoms with E-state index >= 15 is 0 Å². The molecule has 1 heterocycles. The van der Waals surface area contributed by atoms with Gasteiger partial charge in [0, 0.05) is 24.4 Å². The van der Waals surface area contributed by atoms with Crippen molar-refractivity contribution < 1.29 is 4.74 Å². The van der Waals surface area contributed by atoms with Gasteiger partial charge in [-0.05, 0) is 36.2 Å². The average molecular weight is 288 g/mol. The van der Waals surface area contributed by atoms with Gasteiger partial charge in [0.15, 0.2) is 0 Å². The van der Waals surface area contributed by atoms with Gasteiger partial charge in [0.25, 0.3) is 0 Å². The number of ether oxygens (including phenoxy) is 1. The quantitative estimate of drug-likeness (QED) is 0.843. The predicted octanol–water partition coefficient (Wildman–Crippen LogP) is 4.09. The first-order chi connectivity index (χ1) is 9.73. The van der Waals surface area contributed by atoms with Crippen LogP contribution < -0.4 is 4.90 Å². The average Bonchev–Trinajstić information content (AvgIpc) is 2.95. The zero-order chi connectivity index (χ0) is 14.0. The van der Waals surface area contributed by atoms with Crippen LogP contribution in [0.2, 0.25) is 5.02 Å². The second kappa shape index (κ2) is 5.47. The van der Waals surface area contributed by atoms with Crippen molar-refractivity contribution in [2.75, 3.05) is 25.1 Å². The number of nitrogens with zero attached hydrogens (tertiary/aromatic N) is 1. The van der Waals surface area contributed by atoms with Crippen molar-refractivity contribution in [3.05, 3.63) is 65.2 Å². The summed E-state index contributed by atoms with van der Waals surface area (Å²) in [5.41, 5.74) is 2.24. The Morgan fingerprint density at radius 1 is 1.05 bits per heavy atom. The Balaban J connectivity index is 1.86. The molecule has 1 saturated heterocycles. The van der Waals surface area contributed by atoms with Gasteiger partial charge in [-0.3, -0.25) is 0 Å². The predicted molar refractivity (Wildman–Crippen MR) is 83.4 cm³/mol. The third-order valence-electron chi connectivity index (χ3n) is 4.11. The molecule has 2 aromatic rings. The third kappa shape index (κ3) is 2.41. The van der Waals surface area contributed by atoms with Crippen LogP contribution in [0.4, 0.5) is 5.69 Å². The summed E-state index contributed by atoms with van der Waals surface area (Å²) in [6, 6.07) is 18.5. The second-order valence-electron chi connectivity index (χ2n) is 5.21. The first-order valence-electron chi connectivity index (χ1n) is 6.85. The highest BCUT2D eigenvalue weighted by molar-refractivity contribution is 6.30. The van der Waals surface area contributed by atoms with Crippen molar-refractivity contribution in [1.82, 2.24) is 0 Å². The summed E-state index contributed by atoms with van der Waals surface area (Å²) in [5.74, 6) is 0. The van der Waals surface area contributed by atoms with Crippen LogP contribution in [0, 0.1) is 0 Å². The van der Waals surface area contributed by atoms with Gasteiger partial charge in [-0.15, -0.1) is 0 Å². The number of hydrogen-bond donors (Lipinski definition) is 0. The van der Waals surface area contributed by atoms with E-state index in [2.05, 4.69) is 41.3 Å². The minimum atomic E-state index is -0.207. The number of benzene rings is 2. The Labute approximate surface area is 124 Å². The fourth-order valence-electron chi connectivity index (χ4n) is 2.92. The van der Waals surface area contributed by atoms with E-state index in [9.17, 15) is 0 Å². The highest BCUT2D eigenvalue weighted by atomic mass is 35.5. The molecule has 2 nitrogen and oxygen atoms in total. The number of hydrogen-bond acceptors (Lipinski definition) is 2. The van der Waals surface area contributed by atoms with E-state index < -0.39 is 0 Å². The minimum Gasteiger partial charge on any atom is -0.372 e. The van der Waals surface area contributed by atoms with Crippen molar-refractivity contribution in [3.8, 4) is 0 Å². The van der Waals surface area contributed by atoms with Crippen molar-refractivity contribution in [3.63, 3.8) is 0 Å². The SMILES string of the molecule is COC1(c2ccccc2)CCN(c2ccc(Cl)cc2)C1. The number of anilines is 1. The summed E-state index contributed by atoms with van der Waals surface area (Å²) in [4.78, 5) is 2.35. The molecule has 1 fully saturated rings. The van der Waals surface area contributed by atoms with E-state index in [0.717, 1.165) is 24.5 Å². The van der Waals surface area contributed by atoms with Crippen LogP contribution in [-0.2, 0) is 10.3 Å². The lowest BCUT2D eigenvalue weighted by Crippen LogP contribution is -2.32. The minimum absolute atomic E-state index is 0.207. The normalized spacial score (nSPS) is 22.2. The van der Waals surface area contributed by atoms with Crippen LogP contribution in [0.15, 0.2) is 54.6 Å². The van der Waals surface area contributed by atoms with E-state index in [1.54, 1.807) is 7.11 Å². The molecule has 3 heteroatoms. The van der Waals surface area contributed by atoms with Gasteiger partial charge in [-0.2, -0.15) is 0 Å². The van der Waals surface area contributed by atoms with Crippen molar-refractivity contribution in [2.24, 2.45) is 0 Å². The number of halogens is 1. The lowest BCUT2D eigenvalue weighted by molar-refractivity contribution is 0.00481. The molecular weight excluding hydrogens is 270 g/mol. The summed E-state index contributed by atoms with van der Waals surface area (Å²) in [5, 5.41) is 0.772. The van der Waals surface area contributed by atoms with Gasteiger partial charge in [-0.1, -0.05) is 41.9 Å². The topological polar surface area (TPSA) is 12.5 Å². The maximum atomic E-state index is 5.95.